The Morgan fingerprint density at radius 2 is 2.00 bits per heavy atom. The predicted molar refractivity (Wildman–Crippen MR) is 82.2 cm³/mol. The van der Waals surface area contributed by atoms with Crippen LogP contribution in [0.4, 0.5) is 0 Å². The van der Waals surface area contributed by atoms with Gasteiger partial charge in [0, 0.05) is 25.2 Å². The summed E-state index contributed by atoms with van der Waals surface area (Å²) in [5.74, 6) is -0.0998. The highest BCUT2D eigenvalue weighted by atomic mass is 16.5. The summed E-state index contributed by atoms with van der Waals surface area (Å²) in [6.45, 7) is 5.93. The van der Waals surface area contributed by atoms with Gasteiger partial charge in [0.05, 0.1) is 7.11 Å². The maximum absolute atomic E-state index is 11.8. The highest BCUT2D eigenvalue weighted by Crippen LogP contribution is 2.22. The lowest BCUT2D eigenvalue weighted by Crippen LogP contribution is -2.42. The van der Waals surface area contributed by atoms with Crippen LogP contribution in [0, 0.1) is 0 Å². The van der Waals surface area contributed by atoms with Gasteiger partial charge in [-0.2, -0.15) is 0 Å². The summed E-state index contributed by atoms with van der Waals surface area (Å²) in [6, 6.07) is 1.18. The maximum Gasteiger partial charge on any atom is 0.322 e. The quantitative estimate of drug-likeness (QED) is 0.705. The lowest BCUT2D eigenvalue weighted by Gasteiger charge is -2.24. The maximum atomic E-state index is 11.8. The molecule has 2 unspecified atom stereocenters. The van der Waals surface area contributed by atoms with E-state index in [2.05, 4.69) is 15.1 Å². The van der Waals surface area contributed by atoms with Crippen molar-refractivity contribution in [1.82, 2.24) is 15.1 Å². The second-order valence-electron chi connectivity index (χ2n) is 6.79. The number of nitrogens with zero attached hydrogens (tertiary/aromatic N) is 2. The Kier molecular flexibility index (Phi) is 5.14. The lowest BCUT2D eigenvalue weighted by atomic mass is 10.2. The smallest absolute Gasteiger partial charge is 0.322 e. The Morgan fingerprint density at radius 3 is 2.67 bits per heavy atom. The molecule has 21 heavy (non-hydrogen) atoms. The second-order valence-corrected chi connectivity index (χ2v) is 6.79. The minimum atomic E-state index is -0.117. The molecule has 0 spiro atoms. The van der Waals surface area contributed by atoms with Gasteiger partial charge in [-0.25, -0.2) is 0 Å². The summed E-state index contributed by atoms with van der Waals surface area (Å²) in [4.78, 5) is 17.0. The number of rotatable bonds is 7. The molecule has 0 radical (unpaired) electrons. The van der Waals surface area contributed by atoms with Gasteiger partial charge in [-0.1, -0.05) is 0 Å². The number of hydrogen-bond donors (Lipinski definition) is 1. The van der Waals surface area contributed by atoms with Gasteiger partial charge in [-0.15, -0.1) is 0 Å². The van der Waals surface area contributed by atoms with Crippen LogP contribution in [0.25, 0.3) is 0 Å². The molecule has 2 saturated heterocycles. The van der Waals surface area contributed by atoms with Crippen molar-refractivity contribution >= 4 is 5.97 Å². The Hall–Kier alpha value is -0.650. The van der Waals surface area contributed by atoms with E-state index in [1.807, 2.05) is 0 Å². The normalized spacial score (nSPS) is 28.9. The fraction of sp³-hybridized carbons (Fsp3) is 0.938. The summed E-state index contributed by atoms with van der Waals surface area (Å²) in [5, 5.41) is 3.42. The lowest BCUT2D eigenvalue weighted by molar-refractivity contribution is -0.143. The molecular formula is C16H29N3O2. The fourth-order valence-electron chi connectivity index (χ4n) is 3.68. The topological polar surface area (TPSA) is 44.8 Å². The molecular weight excluding hydrogens is 266 g/mol. The molecule has 1 saturated carbocycles. The van der Waals surface area contributed by atoms with E-state index in [9.17, 15) is 4.79 Å². The van der Waals surface area contributed by atoms with Crippen molar-refractivity contribution in [2.24, 2.45) is 0 Å². The number of likely N-dealkylation sites (tertiary alicyclic amines) is 2. The van der Waals surface area contributed by atoms with Crippen molar-refractivity contribution in [1.29, 1.82) is 0 Å². The monoisotopic (exact) mass is 295 g/mol. The molecule has 0 bridgehead atoms. The van der Waals surface area contributed by atoms with E-state index >= 15 is 0 Å². The summed E-state index contributed by atoms with van der Waals surface area (Å²) in [5.41, 5.74) is 0. The molecule has 5 heteroatoms. The highest BCUT2D eigenvalue weighted by molar-refractivity contribution is 5.75. The third kappa shape index (κ3) is 4.18. The molecule has 120 valence electrons. The second kappa shape index (κ2) is 7.07. The number of ether oxygens (including phenoxy) is 1. The van der Waals surface area contributed by atoms with Gasteiger partial charge < -0.3 is 15.0 Å². The number of hydrogen-bond acceptors (Lipinski definition) is 5. The molecule has 3 rings (SSSR count). The first-order valence-corrected chi connectivity index (χ1v) is 8.56. The molecule has 3 fully saturated rings. The van der Waals surface area contributed by atoms with Gasteiger partial charge >= 0.3 is 5.97 Å². The summed E-state index contributed by atoms with van der Waals surface area (Å²) in [6.07, 6.45) is 7.30. The van der Waals surface area contributed by atoms with E-state index < -0.39 is 0 Å². The zero-order chi connectivity index (χ0) is 14.7. The van der Waals surface area contributed by atoms with Gasteiger partial charge in [0.25, 0.3) is 0 Å². The summed E-state index contributed by atoms with van der Waals surface area (Å²) < 4.78 is 4.93. The molecule has 5 nitrogen and oxygen atoms in total. The van der Waals surface area contributed by atoms with Gasteiger partial charge in [-0.3, -0.25) is 9.69 Å². The van der Waals surface area contributed by atoms with E-state index in [-0.39, 0.29) is 12.0 Å². The predicted octanol–water partition coefficient (Wildman–Crippen LogP) is 0.840. The van der Waals surface area contributed by atoms with Crippen molar-refractivity contribution in [3.63, 3.8) is 0 Å². The van der Waals surface area contributed by atoms with Crippen LogP contribution in [0.2, 0.25) is 0 Å². The van der Waals surface area contributed by atoms with E-state index in [0.29, 0.717) is 6.04 Å². The largest absolute Gasteiger partial charge is 0.468 e. The average Bonchev–Trinajstić information content (AvgIpc) is 2.97. The van der Waals surface area contributed by atoms with Crippen LogP contribution in [0.5, 0.6) is 0 Å². The number of methoxy groups -OCH3 is 1. The third-order valence-corrected chi connectivity index (χ3v) is 5.14. The van der Waals surface area contributed by atoms with Crippen LogP contribution < -0.4 is 5.32 Å². The molecule has 2 aliphatic heterocycles. The van der Waals surface area contributed by atoms with Gasteiger partial charge in [0.15, 0.2) is 0 Å². The molecule has 1 N–H and O–H groups in total. The third-order valence-electron chi connectivity index (χ3n) is 5.14. The van der Waals surface area contributed by atoms with E-state index in [4.69, 9.17) is 4.74 Å². The van der Waals surface area contributed by atoms with Gasteiger partial charge in [0.2, 0.25) is 0 Å². The first-order chi connectivity index (χ1) is 10.3. The molecule has 1 aliphatic carbocycles. The Balaban J connectivity index is 1.41. The van der Waals surface area contributed by atoms with Crippen molar-refractivity contribution in [3.8, 4) is 0 Å². The van der Waals surface area contributed by atoms with Crippen LogP contribution in [0.3, 0.4) is 0 Å². The minimum Gasteiger partial charge on any atom is -0.468 e. The Bertz CT molecular complexity index is 353. The molecule has 2 atom stereocenters. The standard InChI is InChI=1S/C16H29N3O2/c1-21-16(20)15(17-13-4-5-13)7-11-18-10-6-14(12-18)19-8-2-3-9-19/h13-15,17H,2-12H2,1H3. The van der Waals surface area contributed by atoms with E-state index in [0.717, 1.165) is 19.0 Å². The number of esters is 1. The highest BCUT2D eigenvalue weighted by Gasteiger charge is 2.32. The minimum absolute atomic E-state index is 0.0998. The van der Waals surface area contributed by atoms with Crippen LogP contribution in [0.1, 0.15) is 38.5 Å². The Morgan fingerprint density at radius 1 is 1.24 bits per heavy atom. The molecule has 0 aromatic carbocycles. The average molecular weight is 295 g/mol. The van der Waals surface area contributed by atoms with E-state index in [1.165, 1.54) is 65.4 Å². The zero-order valence-electron chi connectivity index (χ0n) is 13.2. The molecule has 0 aromatic heterocycles. The van der Waals surface area contributed by atoms with E-state index in [1.54, 1.807) is 0 Å². The van der Waals surface area contributed by atoms with Crippen molar-refractivity contribution in [2.75, 3.05) is 39.8 Å². The number of carbonyl (C=O) groups excluding carboxylic acids is 1. The zero-order valence-corrected chi connectivity index (χ0v) is 13.2. The van der Waals surface area contributed by atoms with Crippen LogP contribution in [-0.2, 0) is 9.53 Å². The molecule has 0 aromatic rings. The first-order valence-electron chi connectivity index (χ1n) is 8.56. The van der Waals surface area contributed by atoms with Gasteiger partial charge in [0.1, 0.15) is 6.04 Å². The summed E-state index contributed by atoms with van der Waals surface area (Å²) in [7, 11) is 1.49. The fourth-order valence-corrected chi connectivity index (χ4v) is 3.68. The number of carbonyl (C=O) groups is 1. The first kappa shape index (κ1) is 15.3. The van der Waals surface area contributed by atoms with Crippen molar-refractivity contribution in [2.45, 2.75) is 56.7 Å². The van der Waals surface area contributed by atoms with Crippen LogP contribution in [0.15, 0.2) is 0 Å². The SMILES string of the molecule is COC(=O)C(CCN1CCC(N2CCCC2)C1)NC1CC1. The molecule has 2 heterocycles. The van der Waals surface area contributed by atoms with Gasteiger partial charge in [-0.05, 0) is 58.2 Å². The molecule has 0 amide bonds. The van der Waals surface area contributed by atoms with Crippen molar-refractivity contribution in [3.05, 3.63) is 0 Å². The summed E-state index contributed by atoms with van der Waals surface area (Å²) >= 11 is 0. The van der Waals surface area contributed by atoms with Crippen LogP contribution in [-0.4, -0.2) is 73.7 Å². The molecule has 3 aliphatic rings. The van der Waals surface area contributed by atoms with Crippen molar-refractivity contribution < 1.29 is 9.53 Å². The number of nitrogens with one attached hydrogen (secondary N) is 1. The Labute approximate surface area is 128 Å². The van der Waals surface area contributed by atoms with Crippen LogP contribution >= 0.6 is 0 Å².